The van der Waals surface area contributed by atoms with Gasteiger partial charge in [-0.3, -0.25) is 28.7 Å². The lowest BCUT2D eigenvalue weighted by Crippen LogP contribution is -2.42. The fraction of sp³-hybridized carbons (Fsp3) is 0.471. The number of nitrogens with zero attached hydrogens (tertiary/aromatic N) is 1. The Kier molecular flexibility index (Phi) is 6.37. The van der Waals surface area contributed by atoms with E-state index in [0.717, 1.165) is 24.6 Å². The van der Waals surface area contributed by atoms with Crippen LogP contribution in [0.25, 0.3) is 0 Å². The fourth-order valence-electron chi connectivity index (χ4n) is 2.69. The molecule has 0 bridgehead atoms. The van der Waals surface area contributed by atoms with Crippen molar-refractivity contribution in [2.24, 2.45) is 0 Å². The maximum Gasteiger partial charge on any atom is 0.330 e. The van der Waals surface area contributed by atoms with Crippen molar-refractivity contribution in [2.75, 3.05) is 6.61 Å². The van der Waals surface area contributed by atoms with E-state index in [-0.39, 0.29) is 12.2 Å². The smallest absolute Gasteiger partial charge is 0.330 e. The van der Waals surface area contributed by atoms with Crippen LogP contribution >= 0.6 is 0 Å². The molecular weight excluding hydrogens is 376 g/mol. The van der Waals surface area contributed by atoms with Gasteiger partial charge in [-0.15, -0.1) is 6.42 Å². The second-order valence-corrected chi connectivity index (χ2v) is 5.87. The van der Waals surface area contributed by atoms with Gasteiger partial charge in [-0.25, -0.2) is 4.79 Å². The predicted molar refractivity (Wildman–Crippen MR) is 90.9 cm³/mol. The van der Waals surface area contributed by atoms with Crippen molar-refractivity contribution >= 4 is 17.9 Å². The van der Waals surface area contributed by atoms with E-state index in [2.05, 4.69) is 5.92 Å². The van der Waals surface area contributed by atoms with E-state index in [9.17, 15) is 24.0 Å². The van der Waals surface area contributed by atoms with Crippen molar-refractivity contribution in [3.05, 3.63) is 32.6 Å². The molecular formula is C17H18N2O9. The first-order valence-corrected chi connectivity index (χ1v) is 8.09. The maximum absolute atomic E-state index is 12.3. The van der Waals surface area contributed by atoms with E-state index in [1.807, 2.05) is 4.98 Å². The highest BCUT2D eigenvalue weighted by Gasteiger charge is 2.51. The van der Waals surface area contributed by atoms with Gasteiger partial charge >= 0.3 is 23.6 Å². The Morgan fingerprint density at radius 1 is 1.14 bits per heavy atom. The Labute approximate surface area is 158 Å². The zero-order valence-corrected chi connectivity index (χ0v) is 15.3. The van der Waals surface area contributed by atoms with Crippen LogP contribution in [-0.4, -0.2) is 52.4 Å². The van der Waals surface area contributed by atoms with Crippen molar-refractivity contribution in [1.82, 2.24) is 9.55 Å². The minimum absolute atomic E-state index is 0.169. The lowest BCUT2D eigenvalue weighted by atomic mass is 10.1. The van der Waals surface area contributed by atoms with Crippen LogP contribution in [0, 0.1) is 12.3 Å². The number of hydrogen-bond acceptors (Lipinski definition) is 9. The Balaban J connectivity index is 2.51. The molecule has 0 amide bonds. The Morgan fingerprint density at radius 2 is 1.75 bits per heavy atom. The minimum Gasteiger partial charge on any atom is -0.463 e. The molecule has 0 unspecified atom stereocenters. The molecule has 1 fully saturated rings. The molecule has 1 saturated heterocycles. The van der Waals surface area contributed by atoms with Gasteiger partial charge in [-0.05, 0) is 0 Å². The quantitative estimate of drug-likeness (QED) is 0.372. The normalized spacial score (nSPS) is 23.5. The first-order valence-electron chi connectivity index (χ1n) is 8.09. The summed E-state index contributed by atoms with van der Waals surface area (Å²) in [5, 5.41) is 0. The van der Waals surface area contributed by atoms with Crippen LogP contribution in [0.15, 0.2) is 15.8 Å². The molecule has 0 spiro atoms. The van der Waals surface area contributed by atoms with Crippen LogP contribution < -0.4 is 11.2 Å². The average Bonchev–Trinajstić information content (AvgIpc) is 2.89. The van der Waals surface area contributed by atoms with Gasteiger partial charge in [0.2, 0.25) is 0 Å². The molecule has 4 atom stereocenters. The highest BCUT2D eigenvalue weighted by molar-refractivity contribution is 5.68. The van der Waals surface area contributed by atoms with Gasteiger partial charge in [0, 0.05) is 27.0 Å². The second kappa shape index (κ2) is 8.53. The van der Waals surface area contributed by atoms with Crippen LogP contribution in [0.4, 0.5) is 0 Å². The third kappa shape index (κ3) is 4.66. The van der Waals surface area contributed by atoms with Gasteiger partial charge in [0.25, 0.3) is 5.56 Å². The summed E-state index contributed by atoms with van der Waals surface area (Å²) in [7, 11) is 0. The average molecular weight is 394 g/mol. The van der Waals surface area contributed by atoms with Crippen molar-refractivity contribution < 1.29 is 33.3 Å². The molecule has 0 aliphatic carbocycles. The molecule has 2 heterocycles. The summed E-state index contributed by atoms with van der Waals surface area (Å²) >= 11 is 0. The summed E-state index contributed by atoms with van der Waals surface area (Å²) in [5.41, 5.74) is -1.84. The van der Waals surface area contributed by atoms with Crippen molar-refractivity contribution in [3.8, 4) is 12.3 Å². The number of nitrogens with one attached hydrogen (secondary N) is 1. The minimum atomic E-state index is -1.30. The number of rotatable bonds is 5. The number of hydrogen-bond donors (Lipinski definition) is 1. The van der Waals surface area contributed by atoms with Gasteiger partial charge in [0.05, 0.1) is 0 Å². The van der Waals surface area contributed by atoms with Gasteiger partial charge in [-0.2, -0.15) is 0 Å². The van der Waals surface area contributed by atoms with E-state index in [1.54, 1.807) is 0 Å². The lowest BCUT2D eigenvalue weighted by molar-refractivity contribution is -0.166. The van der Waals surface area contributed by atoms with Gasteiger partial charge in [-0.1, -0.05) is 5.92 Å². The fourth-order valence-corrected chi connectivity index (χ4v) is 2.69. The summed E-state index contributed by atoms with van der Waals surface area (Å²) < 4.78 is 21.9. The van der Waals surface area contributed by atoms with E-state index < -0.39 is 53.7 Å². The van der Waals surface area contributed by atoms with E-state index in [4.69, 9.17) is 25.4 Å². The topological polar surface area (TPSA) is 143 Å². The largest absolute Gasteiger partial charge is 0.463 e. The Hall–Kier alpha value is -3.39. The number of aromatic amines is 1. The summed E-state index contributed by atoms with van der Waals surface area (Å²) in [6.07, 6.45) is 1.51. The lowest BCUT2D eigenvalue weighted by Gasteiger charge is -2.23. The van der Waals surface area contributed by atoms with E-state index in [0.29, 0.717) is 0 Å². The molecule has 1 aromatic rings. The first kappa shape index (κ1) is 20.9. The molecule has 0 aromatic carbocycles. The van der Waals surface area contributed by atoms with Crippen LogP contribution in [0.5, 0.6) is 0 Å². The van der Waals surface area contributed by atoms with Crippen molar-refractivity contribution in [2.45, 2.75) is 45.3 Å². The molecule has 0 saturated carbocycles. The SMILES string of the molecule is C#Cc1cn([C@@H]2O[C@H](COC(C)=O)[C@H](OC(C)=O)[C@H]2OC(C)=O)c(=O)[nH]c1=O. The Bertz CT molecular complexity index is 939. The predicted octanol–water partition coefficient (Wildman–Crippen LogP) is -1.16. The number of esters is 3. The van der Waals surface area contributed by atoms with Crippen molar-refractivity contribution in [1.29, 1.82) is 0 Å². The molecule has 11 heteroatoms. The van der Waals surface area contributed by atoms with Crippen LogP contribution in [-0.2, 0) is 33.3 Å². The van der Waals surface area contributed by atoms with Crippen LogP contribution in [0.3, 0.4) is 0 Å². The molecule has 11 nitrogen and oxygen atoms in total. The monoisotopic (exact) mass is 394 g/mol. The molecule has 28 heavy (non-hydrogen) atoms. The van der Waals surface area contributed by atoms with E-state index in [1.165, 1.54) is 6.92 Å². The van der Waals surface area contributed by atoms with Gasteiger partial charge in [0.1, 0.15) is 18.3 Å². The summed E-state index contributed by atoms with van der Waals surface area (Å²) in [6, 6.07) is 0. The zero-order valence-electron chi connectivity index (χ0n) is 15.3. The number of ether oxygens (including phenoxy) is 4. The second-order valence-electron chi connectivity index (χ2n) is 5.87. The maximum atomic E-state index is 12.3. The third-order valence-electron chi connectivity index (χ3n) is 3.74. The standard InChI is InChI=1S/C17H18N2O9/c1-5-11-6-19(17(24)18-15(11)23)16-14(27-10(4)22)13(26-9(3)21)12(28-16)7-25-8(2)20/h1,6,12-14,16H,7H2,2-4H3,(H,18,23,24)/t12-,13+,14-,16-/m1/s1. The first-order chi connectivity index (χ1) is 13.1. The third-order valence-corrected chi connectivity index (χ3v) is 3.74. The molecule has 1 N–H and O–H groups in total. The summed E-state index contributed by atoms with van der Waals surface area (Å²) in [6.45, 7) is 3.08. The molecule has 150 valence electrons. The van der Waals surface area contributed by atoms with Gasteiger partial charge in [0.15, 0.2) is 18.4 Å². The molecule has 1 aliphatic heterocycles. The number of H-pyrrole nitrogens is 1. The number of aromatic nitrogens is 2. The highest BCUT2D eigenvalue weighted by Crippen LogP contribution is 2.33. The molecule has 1 aliphatic rings. The molecule has 1 aromatic heterocycles. The number of carbonyl (C=O) groups is 3. The molecule has 0 radical (unpaired) electrons. The summed E-state index contributed by atoms with van der Waals surface area (Å²) in [5.74, 6) is 0.0498. The Morgan fingerprint density at radius 3 is 2.29 bits per heavy atom. The van der Waals surface area contributed by atoms with Crippen LogP contribution in [0.1, 0.15) is 32.6 Å². The van der Waals surface area contributed by atoms with E-state index >= 15 is 0 Å². The number of carbonyl (C=O) groups excluding carboxylic acids is 3. The van der Waals surface area contributed by atoms with Crippen LogP contribution in [0.2, 0.25) is 0 Å². The van der Waals surface area contributed by atoms with Crippen molar-refractivity contribution in [3.63, 3.8) is 0 Å². The summed E-state index contributed by atoms with van der Waals surface area (Å²) in [4.78, 5) is 60.2. The molecule has 2 rings (SSSR count). The highest BCUT2D eigenvalue weighted by atomic mass is 16.7. The zero-order chi connectivity index (χ0) is 21.0. The number of terminal acetylenes is 1. The van der Waals surface area contributed by atoms with Gasteiger partial charge < -0.3 is 18.9 Å².